The van der Waals surface area contributed by atoms with E-state index in [2.05, 4.69) is 18.7 Å². The molecule has 6 nitrogen and oxygen atoms in total. The van der Waals surface area contributed by atoms with Crippen molar-refractivity contribution in [1.82, 2.24) is 9.80 Å². The first-order valence-corrected chi connectivity index (χ1v) is 13.2. The van der Waals surface area contributed by atoms with Gasteiger partial charge in [-0.1, -0.05) is 61.9 Å². The van der Waals surface area contributed by atoms with Crippen molar-refractivity contribution >= 4 is 17.4 Å². The lowest BCUT2D eigenvalue weighted by molar-refractivity contribution is -0.140. The molecule has 6 heteroatoms. The van der Waals surface area contributed by atoms with Crippen LogP contribution in [0.5, 0.6) is 11.5 Å². The Bertz CT molecular complexity index is 1330. The molecule has 1 heterocycles. The van der Waals surface area contributed by atoms with E-state index in [1.54, 1.807) is 4.90 Å². The number of nitrogens with zero attached hydrogens (tertiary/aromatic N) is 2. The van der Waals surface area contributed by atoms with Crippen LogP contribution in [0.15, 0.2) is 78.4 Å². The van der Waals surface area contributed by atoms with Crippen LogP contribution in [-0.4, -0.2) is 52.8 Å². The van der Waals surface area contributed by atoms with Gasteiger partial charge in [-0.15, -0.1) is 0 Å². The third-order valence-corrected chi connectivity index (χ3v) is 7.11. The Morgan fingerprint density at radius 2 is 1.63 bits per heavy atom. The quantitative estimate of drug-likeness (QED) is 0.198. The van der Waals surface area contributed by atoms with Crippen LogP contribution in [0.25, 0.3) is 5.76 Å². The molecular weight excluding hydrogens is 476 g/mol. The molecule has 1 unspecified atom stereocenters. The maximum atomic E-state index is 13.4. The van der Waals surface area contributed by atoms with Crippen LogP contribution in [0.1, 0.15) is 48.6 Å². The highest BCUT2D eigenvalue weighted by Gasteiger charge is 2.46. The maximum absolute atomic E-state index is 13.4. The van der Waals surface area contributed by atoms with E-state index in [1.807, 2.05) is 86.6 Å². The number of hydrogen-bond donors (Lipinski definition) is 1. The number of aliphatic hydroxyl groups is 1. The highest BCUT2D eigenvalue weighted by molar-refractivity contribution is 6.46. The van der Waals surface area contributed by atoms with Crippen molar-refractivity contribution in [2.24, 2.45) is 0 Å². The summed E-state index contributed by atoms with van der Waals surface area (Å²) in [6, 6.07) is 21.9. The Morgan fingerprint density at radius 1 is 0.921 bits per heavy atom. The third-order valence-electron chi connectivity index (χ3n) is 7.11. The van der Waals surface area contributed by atoms with E-state index in [0.29, 0.717) is 29.2 Å². The number of para-hydroxylation sites is 1. The minimum atomic E-state index is -0.717. The van der Waals surface area contributed by atoms with Crippen LogP contribution >= 0.6 is 0 Å². The summed E-state index contributed by atoms with van der Waals surface area (Å²) in [4.78, 5) is 30.7. The van der Waals surface area contributed by atoms with Crippen LogP contribution in [0.2, 0.25) is 0 Å². The Morgan fingerprint density at radius 3 is 2.34 bits per heavy atom. The van der Waals surface area contributed by atoms with Gasteiger partial charge in [-0.05, 0) is 81.4 Å². The standard InChI is InChI=1S/C32H36N2O4/c1-5-33(6-2)18-11-19-34-29(24-12-10-15-26(21-24)38-25-13-8-7-9-14-25)28(31(36)32(34)37)30(35)27-20-22(3)16-17-23(27)4/h7-10,12-17,20-21,29,35H,5-6,11,18-19H2,1-4H3/b30-28+. The van der Waals surface area contributed by atoms with E-state index in [0.717, 1.165) is 37.2 Å². The first-order chi connectivity index (χ1) is 18.3. The lowest BCUT2D eigenvalue weighted by Crippen LogP contribution is -2.33. The van der Waals surface area contributed by atoms with Crippen molar-refractivity contribution in [2.75, 3.05) is 26.2 Å². The lowest BCUT2D eigenvalue weighted by Gasteiger charge is -2.27. The van der Waals surface area contributed by atoms with Crippen molar-refractivity contribution in [1.29, 1.82) is 0 Å². The smallest absolute Gasteiger partial charge is 0.295 e. The number of carbonyl (C=O) groups is 2. The summed E-state index contributed by atoms with van der Waals surface area (Å²) >= 11 is 0. The van der Waals surface area contributed by atoms with E-state index in [1.165, 1.54) is 0 Å². The molecule has 0 bridgehead atoms. The number of rotatable bonds is 10. The average Bonchev–Trinajstić information content (AvgIpc) is 3.18. The zero-order chi connectivity index (χ0) is 27.2. The number of ether oxygens (including phenoxy) is 1. The van der Waals surface area contributed by atoms with Crippen molar-refractivity contribution in [2.45, 2.75) is 40.2 Å². The monoisotopic (exact) mass is 512 g/mol. The predicted octanol–water partition coefficient (Wildman–Crippen LogP) is 6.25. The minimum Gasteiger partial charge on any atom is -0.507 e. The van der Waals surface area contributed by atoms with Gasteiger partial charge >= 0.3 is 0 Å². The normalized spacial score (nSPS) is 16.9. The van der Waals surface area contributed by atoms with Crippen LogP contribution in [0.3, 0.4) is 0 Å². The molecule has 1 amide bonds. The molecule has 0 radical (unpaired) electrons. The van der Waals surface area contributed by atoms with Gasteiger partial charge in [0, 0.05) is 12.1 Å². The van der Waals surface area contributed by atoms with Crippen molar-refractivity contribution in [3.8, 4) is 11.5 Å². The summed E-state index contributed by atoms with van der Waals surface area (Å²) in [5, 5.41) is 11.5. The first kappa shape index (κ1) is 27.1. The number of carbonyl (C=O) groups excluding carboxylic acids is 2. The summed E-state index contributed by atoms with van der Waals surface area (Å²) in [7, 11) is 0. The van der Waals surface area contributed by atoms with Gasteiger partial charge in [0.25, 0.3) is 11.7 Å². The predicted molar refractivity (Wildman–Crippen MR) is 150 cm³/mol. The number of benzene rings is 3. The maximum Gasteiger partial charge on any atom is 0.295 e. The molecule has 4 rings (SSSR count). The highest BCUT2D eigenvalue weighted by atomic mass is 16.5. The molecule has 1 aliphatic rings. The molecule has 0 aliphatic carbocycles. The van der Waals surface area contributed by atoms with Gasteiger partial charge in [0.15, 0.2) is 0 Å². The number of hydrogen-bond acceptors (Lipinski definition) is 5. The Balaban J connectivity index is 1.77. The number of likely N-dealkylation sites (tertiary alicyclic amines) is 1. The van der Waals surface area contributed by atoms with Crippen LogP contribution in [-0.2, 0) is 9.59 Å². The van der Waals surface area contributed by atoms with Gasteiger partial charge in [-0.3, -0.25) is 9.59 Å². The molecule has 0 aromatic heterocycles. The molecule has 1 aliphatic heterocycles. The topological polar surface area (TPSA) is 70.1 Å². The Hall–Kier alpha value is -3.90. The zero-order valence-corrected chi connectivity index (χ0v) is 22.6. The molecule has 1 fully saturated rings. The third kappa shape index (κ3) is 5.81. The summed E-state index contributed by atoms with van der Waals surface area (Å²) in [6.07, 6.45) is 0.717. The van der Waals surface area contributed by atoms with Crippen molar-refractivity contribution in [3.05, 3.63) is 101 Å². The van der Waals surface area contributed by atoms with E-state index in [-0.39, 0.29) is 11.3 Å². The van der Waals surface area contributed by atoms with E-state index in [4.69, 9.17) is 4.74 Å². The van der Waals surface area contributed by atoms with E-state index in [9.17, 15) is 14.7 Å². The molecule has 1 saturated heterocycles. The fourth-order valence-corrected chi connectivity index (χ4v) is 4.97. The van der Waals surface area contributed by atoms with Crippen molar-refractivity contribution in [3.63, 3.8) is 0 Å². The second-order valence-electron chi connectivity index (χ2n) is 9.68. The van der Waals surface area contributed by atoms with E-state index >= 15 is 0 Å². The summed E-state index contributed by atoms with van der Waals surface area (Å²) < 4.78 is 6.05. The van der Waals surface area contributed by atoms with Crippen LogP contribution in [0, 0.1) is 13.8 Å². The minimum absolute atomic E-state index is 0.114. The molecule has 0 spiro atoms. The summed E-state index contributed by atoms with van der Waals surface area (Å²) in [6.45, 7) is 11.1. The van der Waals surface area contributed by atoms with Crippen LogP contribution in [0.4, 0.5) is 0 Å². The number of aliphatic hydroxyl groups excluding tert-OH is 1. The molecule has 1 atom stereocenters. The van der Waals surface area contributed by atoms with Crippen molar-refractivity contribution < 1.29 is 19.4 Å². The largest absolute Gasteiger partial charge is 0.507 e. The molecule has 198 valence electrons. The van der Waals surface area contributed by atoms with Gasteiger partial charge in [0.2, 0.25) is 0 Å². The molecular formula is C32H36N2O4. The molecule has 1 N–H and O–H groups in total. The zero-order valence-electron chi connectivity index (χ0n) is 22.6. The number of ketones is 1. The second-order valence-corrected chi connectivity index (χ2v) is 9.68. The number of Topliss-reactive ketones (excluding diaryl/α,β-unsaturated/α-hetero) is 1. The summed E-state index contributed by atoms with van der Waals surface area (Å²) in [5.41, 5.74) is 3.18. The second kappa shape index (κ2) is 12.1. The SMILES string of the molecule is CCN(CC)CCCN1C(=O)C(=O)/C(=C(/O)c2cc(C)ccc2C)C1c1cccc(Oc2ccccc2)c1. The molecule has 0 saturated carbocycles. The Kier molecular flexibility index (Phi) is 8.64. The van der Waals surface area contributed by atoms with Crippen LogP contribution < -0.4 is 4.74 Å². The fraction of sp³-hybridized carbons (Fsp3) is 0.312. The Labute approximate surface area is 225 Å². The molecule has 3 aromatic carbocycles. The van der Waals surface area contributed by atoms with Gasteiger partial charge in [0.1, 0.15) is 17.3 Å². The van der Waals surface area contributed by atoms with Gasteiger partial charge < -0.3 is 19.6 Å². The highest BCUT2D eigenvalue weighted by Crippen LogP contribution is 2.41. The molecule has 38 heavy (non-hydrogen) atoms. The molecule has 3 aromatic rings. The van der Waals surface area contributed by atoms with Gasteiger partial charge in [0.05, 0.1) is 11.6 Å². The fourth-order valence-electron chi connectivity index (χ4n) is 4.97. The number of amides is 1. The van der Waals surface area contributed by atoms with Gasteiger partial charge in [-0.2, -0.15) is 0 Å². The number of aryl methyl sites for hydroxylation is 2. The first-order valence-electron chi connectivity index (χ1n) is 13.2. The average molecular weight is 513 g/mol. The summed E-state index contributed by atoms with van der Waals surface area (Å²) in [5.74, 6) is -0.112. The van der Waals surface area contributed by atoms with E-state index < -0.39 is 17.7 Å². The lowest BCUT2D eigenvalue weighted by atomic mass is 9.93. The van der Waals surface area contributed by atoms with Gasteiger partial charge in [-0.25, -0.2) is 0 Å².